The van der Waals surface area contributed by atoms with Crippen molar-refractivity contribution in [2.24, 2.45) is 10.4 Å². The molecule has 1 rings (SSSR count). The summed E-state index contributed by atoms with van der Waals surface area (Å²) < 4.78 is 0. The first-order valence-corrected chi connectivity index (χ1v) is 10.2. The number of rotatable bonds is 8. The molecule has 1 aliphatic carbocycles. The standard InChI is InChI=1S/C25H39N/c1-8-9-17-26-18-15-20(2)12-10-13-21(3)23(5)19-24-22(4)14-11-16-25(24,6)7/h10,12-13,15,18-19H,8-9,11,14,16-17H2,1-7H3/b12-10+,20-15+,21-13+,23-19+,26-18?. The minimum Gasteiger partial charge on any atom is -0.293 e. The summed E-state index contributed by atoms with van der Waals surface area (Å²) in [7, 11) is 0. The highest BCUT2D eigenvalue weighted by atomic mass is 14.7. The quantitative estimate of drug-likeness (QED) is 0.240. The largest absolute Gasteiger partial charge is 0.293 e. The van der Waals surface area contributed by atoms with Gasteiger partial charge in [0.15, 0.2) is 0 Å². The van der Waals surface area contributed by atoms with Crippen LogP contribution in [0, 0.1) is 5.41 Å². The van der Waals surface area contributed by atoms with Crippen molar-refractivity contribution >= 4 is 6.21 Å². The predicted octanol–water partition coefficient (Wildman–Crippen LogP) is 7.78. The highest BCUT2D eigenvalue weighted by molar-refractivity contribution is 5.72. The highest BCUT2D eigenvalue weighted by Crippen LogP contribution is 2.41. The van der Waals surface area contributed by atoms with Crippen LogP contribution in [0.15, 0.2) is 63.2 Å². The molecule has 0 heterocycles. The van der Waals surface area contributed by atoms with Gasteiger partial charge in [-0.1, -0.05) is 57.1 Å². The second-order valence-corrected chi connectivity index (χ2v) is 8.29. The van der Waals surface area contributed by atoms with Crippen LogP contribution in [0.1, 0.15) is 80.6 Å². The number of aliphatic imine (C=N–C) groups is 1. The lowest BCUT2D eigenvalue weighted by Gasteiger charge is -2.33. The molecule has 0 radical (unpaired) electrons. The van der Waals surface area contributed by atoms with Crippen molar-refractivity contribution in [2.45, 2.75) is 80.6 Å². The summed E-state index contributed by atoms with van der Waals surface area (Å²) in [5.74, 6) is 0. The van der Waals surface area contributed by atoms with E-state index in [4.69, 9.17) is 0 Å². The average Bonchev–Trinajstić information content (AvgIpc) is 2.57. The van der Waals surface area contributed by atoms with Crippen molar-refractivity contribution in [3.05, 3.63) is 58.2 Å². The number of allylic oxidation sites excluding steroid dienone is 10. The van der Waals surface area contributed by atoms with E-state index in [0.29, 0.717) is 5.41 Å². The van der Waals surface area contributed by atoms with Gasteiger partial charge in [-0.2, -0.15) is 0 Å². The van der Waals surface area contributed by atoms with Crippen LogP contribution in [0.25, 0.3) is 0 Å². The second-order valence-electron chi connectivity index (χ2n) is 8.29. The first-order chi connectivity index (χ1) is 12.3. The van der Waals surface area contributed by atoms with Crippen LogP contribution in [0.5, 0.6) is 0 Å². The first kappa shape index (κ1) is 22.4. The van der Waals surface area contributed by atoms with E-state index in [9.17, 15) is 0 Å². The molecule has 0 atom stereocenters. The summed E-state index contributed by atoms with van der Waals surface area (Å²) >= 11 is 0. The number of hydrogen-bond acceptors (Lipinski definition) is 1. The van der Waals surface area contributed by atoms with Crippen LogP contribution in [-0.2, 0) is 0 Å². The summed E-state index contributed by atoms with van der Waals surface area (Å²) in [6.07, 6.45) is 19.1. The van der Waals surface area contributed by atoms with Crippen LogP contribution < -0.4 is 0 Å². The van der Waals surface area contributed by atoms with Crippen molar-refractivity contribution in [2.75, 3.05) is 6.54 Å². The molecule has 0 saturated carbocycles. The maximum absolute atomic E-state index is 4.39. The molecule has 0 bridgehead atoms. The van der Waals surface area contributed by atoms with E-state index in [1.54, 1.807) is 5.57 Å². The maximum atomic E-state index is 4.39. The third-order valence-electron chi connectivity index (χ3n) is 5.31. The van der Waals surface area contributed by atoms with Gasteiger partial charge in [0.1, 0.15) is 0 Å². The summed E-state index contributed by atoms with van der Waals surface area (Å²) in [4.78, 5) is 4.39. The molecule has 1 nitrogen and oxygen atoms in total. The van der Waals surface area contributed by atoms with Gasteiger partial charge in [0, 0.05) is 12.8 Å². The number of nitrogens with zero attached hydrogens (tertiary/aromatic N) is 1. The zero-order valence-corrected chi connectivity index (χ0v) is 18.2. The SMILES string of the molecule is CCCCN=C/C=C(C)/C=C/C=C(C)/C(C)=C/C1=C(C)CCCC1(C)C. The van der Waals surface area contributed by atoms with E-state index in [1.807, 2.05) is 6.21 Å². The smallest absolute Gasteiger partial charge is 0.0389 e. The molecule has 0 aliphatic heterocycles. The monoisotopic (exact) mass is 353 g/mol. The van der Waals surface area contributed by atoms with E-state index < -0.39 is 0 Å². The van der Waals surface area contributed by atoms with Crippen LogP contribution in [0.4, 0.5) is 0 Å². The van der Waals surface area contributed by atoms with E-state index in [-0.39, 0.29) is 0 Å². The Kier molecular flexibility index (Phi) is 9.62. The summed E-state index contributed by atoms with van der Waals surface area (Å²) in [5.41, 5.74) is 7.32. The van der Waals surface area contributed by atoms with Gasteiger partial charge >= 0.3 is 0 Å². The maximum Gasteiger partial charge on any atom is 0.0389 e. The van der Waals surface area contributed by atoms with Crippen LogP contribution in [-0.4, -0.2) is 12.8 Å². The van der Waals surface area contributed by atoms with Crippen molar-refractivity contribution in [3.8, 4) is 0 Å². The molecule has 1 heteroatoms. The van der Waals surface area contributed by atoms with Crippen LogP contribution in [0.3, 0.4) is 0 Å². The van der Waals surface area contributed by atoms with E-state index in [2.05, 4.69) is 83.8 Å². The zero-order valence-electron chi connectivity index (χ0n) is 18.2. The summed E-state index contributed by atoms with van der Waals surface area (Å²) in [6.45, 7) is 16.7. The lowest BCUT2D eigenvalue weighted by molar-refractivity contribution is 0.376. The molecule has 0 spiro atoms. The van der Waals surface area contributed by atoms with Crippen LogP contribution in [0.2, 0.25) is 0 Å². The fourth-order valence-electron chi connectivity index (χ4n) is 3.32. The molecule has 0 N–H and O–H groups in total. The van der Waals surface area contributed by atoms with Crippen LogP contribution >= 0.6 is 0 Å². The van der Waals surface area contributed by atoms with E-state index >= 15 is 0 Å². The van der Waals surface area contributed by atoms with Gasteiger partial charge in [-0.15, -0.1) is 0 Å². The molecule has 0 fully saturated rings. The minimum absolute atomic E-state index is 0.302. The summed E-state index contributed by atoms with van der Waals surface area (Å²) in [6, 6.07) is 0. The number of unbranched alkanes of at least 4 members (excludes halogenated alkanes) is 1. The Labute approximate surface area is 162 Å². The van der Waals surface area contributed by atoms with Gasteiger partial charge in [-0.3, -0.25) is 4.99 Å². The molecule has 0 aromatic carbocycles. The number of hydrogen-bond donors (Lipinski definition) is 0. The third-order valence-corrected chi connectivity index (χ3v) is 5.31. The Bertz CT molecular complexity index is 633. The molecular formula is C25H39N. The van der Waals surface area contributed by atoms with Crippen molar-refractivity contribution in [1.29, 1.82) is 0 Å². The predicted molar refractivity (Wildman–Crippen MR) is 119 cm³/mol. The van der Waals surface area contributed by atoms with E-state index in [1.165, 1.54) is 54.4 Å². The molecule has 0 unspecified atom stereocenters. The fraction of sp³-hybridized carbons (Fsp3) is 0.560. The Morgan fingerprint density at radius 3 is 2.50 bits per heavy atom. The topological polar surface area (TPSA) is 12.4 Å². The lowest BCUT2D eigenvalue weighted by Crippen LogP contribution is -2.19. The average molecular weight is 354 g/mol. The Morgan fingerprint density at radius 1 is 1.12 bits per heavy atom. The molecule has 144 valence electrons. The van der Waals surface area contributed by atoms with Gasteiger partial charge in [0.2, 0.25) is 0 Å². The van der Waals surface area contributed by atoms with Gasteiger partial charge in [0.05, 0.1) is 0 Å². The molecule has 0 aromatic rings. The third kappa shape index (κ3) is 7.72. The Hall–Kier alpha value is -1.63. The molecule has 26 heavy (non-hydrogen) atoms. The normalized spacial score (nSPS) is 19.9. The lowest BCUT2D eigenvalue weighted by atomic mass is 9.72. The van der Waals surface area contributed by atoms with Crippen molar-refractivity contribution in [1.82, 2.24) is 0 Å². The van der Waals surface area contributed by atoms with Gasteiger partial charge in [-0.25, -0.2) is 0 Å². The Balaban J connectivity index is 2.77. The van der Waals surface area contributed by atoms with Crippen molar-refractivity contribution in [3.63, 3.8) is 0 Å². The molecule has 0 amide bonds. The second kappa shape index (κ2) is 11.2. The summed E-state index contributed by atoms with van der Waals surface area (Å²) in [5, 5.41) is 0. The molecule has 0 aromatic heterocycles. The van der Waals surface area contributed by atoms with Crippen molar-refractivity contribution < 1.29 is 0 Å². The Morgan fingerprint density at radius 2 is 1.85 bits per heavy atom. The highest BCUT2D eigenvalue weighted by Gasteiger charge is 2.26. The van der Waals surface area contributed by atoms with E-state index in [0.717, 1.165) is 6.54 Å². The molecule has 1 aliphatic rings. The molecular weight excluding hydrogens is 314 g/mol. The first-order valence-electron chi connectivity index (χ1n) is 10.2. The van der Waals surface area contributed by atoms with Gasteiger partial charge < -0.3 is 0 Å². The minimum atomic E-state index is 0.302. The van der Waals surface area contributed by atoms with Gasteiger partial charge in [-0.05, 0) is 87.2 Å². The zero-order chi connectivity index (χ0) is 19.6. The van der Waals surface area contributed by atoms with Gasteiger partial charge in [0.25, 0.3) is 0 Å². The fourth-order valence-corrected chi connectivity index (χ4v) is 3.32. The molecule has 0 saturated heterocycles.